The average Bonchev–Trinajstić information content (AvgIpc) is 3.14. The highest BCUT2D eigenvalue weighted by Crippen LogP contribution is 2.22. The van der Waals surface area contributed by atoms with Crippen molar-refractivity contribution in [3.8, 4) is 0 Å². The maximum absolute atomic E-state index is 12.4. The van der Waals surface area contributed by atoms with Crippen LogP contribution >= 0.6 is 0 Å². The quantitative estimate of drug-likeness (QED) is 0.444. The number of benzene rings is 1. The minimum Gasteiger partial charge on any atom is -0.465 e. The maximum atomic E-state index is 12.4. The summed E-state index contributed by atoms with van der Waals surface area (Å²) in [6, 6.07) is 6.24. The van der Waals surface area contributed by atoms with Crippen molar-refractivity contribution in [1.29, 1.82) is 0 Å². The van der Waals surface area contributed by atoms with Gasteiger partial charge in [0.1, 0.15) is 6.54 Å². The standard InChI is InChI=1S/C20H18N2O7/c1-10-16(20(27)28-3)11(2)21-17(10)14(23)9-29-15(24)8-22-18(25)12-6-4-5-7-13(12)19(22)26/h4-7,21H,8-9H2,1-3H3. The zero-order valence-electron chi connectivity index (χ0n) is 16.0. The van der Waals surface area contributed by atoms with Gasteiger partial charge in [-0.3, -0.25) is 24.1 Å². The third kappa shape index (κ3) is 3.54. The van der Waals surface area contributed by atoms with Crippen LogP contribution in [-0.4, -0.2) is 59.7 Å². The van der Waals surface area contributed by atoms with Gasteiger partial charge in [-0.1, -0.05) is 12.1 Å². The first-order valence-corrected chi connectivity index (χ1v) is 8.67. The van der Waals surface area contributed by atoms with Crippen molar-refractivity contribution < 1.29 is 33.4 Å². The number of nitrogens with zero attached hydrogens (tertiary/aromatic N) is 1. The van der Waals surface area contributed by atoms with Crippen LogP contribution in [0.5, 0.6) is 0 Å². The van der Waals surface area contributed by atoms with Crippen LogP contribution in [0.3, 0.4) is 0 Å². The largest absolute Gasteiger partial charge is 0.465 e. The number of carbonyl (C=O) groups is 5. The lowest BCUT2D eigenvalue weighted by Crippen LogP contribution is -2.36. The number of ether oxygens (including phenoxy) is 2. The molecule has 1 aliphatic rings. The second kappa shape index (κ2) is 7.70. The smallest absolute Gasteiger partial charge is 0.339 e. The SMILES string of the molecule is COC(=O)c1c(C)[nH]c(C(=O)COC(=O)CN2C(=O)c3ccccc3C2=O)c1C. The van der Waals surface area contributed by atoms with E-state index in [2.05, 4.69) is 9.72 Å². The number of aryl methyl sites for hydroxylation is 1. The predicted molar refractivity (Wildman–Crippen MR) is 98.7 cm³/mol. The van der Waals surface area contributed by atoms with Gasteiger partial charge in [-0.05, 0) is 31.5 Å². The van der Waals surface area contributed by atoms with Crippen LogP contribution in [0, 0.1) is 13.8 Å². The highest BCUT2D eigenvalue weighted by Gasteiger charge is 2.36. The number of imide groups is 1. The van der Waals surface area contributed by atoms with E-state index in [1.165, 1.54) is 19.2 Å². The predicted octanol–water partition coefficient (Wildman–Crippen LogP) is 1.44. The molecule has 2 amide bonds. The van der Waals surface area contributed by atoms with Crippen molar-refractivity contribution in [2.75, 3.05) is 20.3 Å². The van der Waals surface area contributed by atoms with Gasteiger partial charge in [0, 0.05) is 5.69 Å². The molecule has 0 unspecified atom stereocenters. The number of ketones is 1. The zero-order valence-corrected chi connectivity index (χ0v) is 16.0. The molecular formula is C20H18N2O7. The van der Waals surface area contributed by atoms with Crippen LogP contribution < -0.4 is 0 Å². The summed E-state index contributed by atoms with van der Waals surface area (Å²) in [6.45, 7) is 1.98. The number of esters is 2. The Kier molecular flexibility index (Phi) is 5.31. The topological polar surface area (TPSA) is 123 Å². The molecule has 2 aromatic rings. The second-order valence-electron chi connectivity index (χ2n) is 6.44. The zero-order chi connectivity index (χ0) is 21.3. The van der Waals surface area contributed by atoms with Crippen LogP contribution in [0.4, 0.5) is 0 Å². The molecule has 2 heterocycles. The summed E-state index contributed by atoms with van der Waals surface area (Å²) < 4.78 is 9.62. The number of aromatic amines is 1. The fourth-order valence-electron chi connectivity index (χ4n) is 3.21. The first kappa shape index (κ1) is 20.0. The highest BCUT2D eigenvalue weighted by molar-refractivity contribution is 6.22. The van der Waals surface area contributed by atoms with Gasteiger partial charge in [0.15, 0.2) is 6.61 Å². The molecule has 1 N–H and O–H groups in total. The number of methoxy groups -OCH3 is 1. The number of carbonyl (C=O) groups excluding carboxylic acids is 5. The number of H-pyrrole nitrogens is 1. The summed E-state index contributed by atoms with van der Waals surface area (Å²) in [5.41, 5.74) is 1.64. The molecule has 0 aliphatic carbocycles. The molecule has 9 nitrogen and oxygen atoms in total. The van der Waals surface area contributed by atoms with Crippen LogP contribution in [0.1, 0.15) is 52.8 Å². The first-order valence-electron chi connectivity index (χ1n) is 8.67. The molecule has 150 valence electrons. The summed E-state index contributed by atoms with van der Waals surface area (Å²) >= 11 is 0. The third-order valence-corrected chi connectivity index (χ3v) is 4.64. The molecule has 0 radical (unpaired) electrons. The van der Waals surface area contributed by atoms with E-state index in [0.29, 0.717) is 11.3 Å². The molecule has 0 fully saturated rings. The van der Waals surface area contributed by atoms with Gasteiger partial charge >= 0.3 is 11.9 Å². The number of amides is 2. The molecule has 1 aliphatic heterocycles. The Morgan fingerprint density at radius 2 is 1.62 bits per heavy atom. The molecule has 0 bridgehead atoms. The number of nitrogens with one attached hydrogen (secondary N) is 1. The third-order valence-electron chi connectivity index (χ3n) is 4.64. The van der Waals surface area contributed by atoms with Crippen LogP contribution in [0.25, 0.3) is 0 Å². The molecular weight excluding hydrogens is 380 g/mol. The lowest BCUT2D eigenvalue weighted by atomic mass is 10.1. The molecule has 0 spiro atoms. The van der Waals surface area contributed by atoms with E-state index in [4.69, 9.17) is 4.74 Å². The molecule has 0 atom stereocenters. The molecule has 1 aromatic heterocycles. The summed E-state index contributed by atoms with van der Waals surface area (Å²) in [7, 11) is 1.23. The molecule has 0 saturated heterocycles. The average molecular weight is 398 g/mol. The van der Waals surface area contributed by atoms with Gasteiger partial charge < -0.3 is 14.5 Å². The number of rotatable bonds is 6. The molecule has 0 saturated carbocycles. The molecule has 3 rings (SSSR count). The van der Waals surface area contributed by atoms with Crippen molar-refractivity contribution in [1.82, 2.24) is 9.88 Å². The van der Waals surface area contributed by atoms with E-state index in [9.17, 15) is 24.0 Å². The van der Waals surface area contributed by atoms with Crippen LogP contribution in [0.2, 0.25) is 0 Å². The lowest BCUT2D eigenvalue weighted by Gasteiger charge is -2.12. The Bertz CT molecular complexity index is 1020. The Morgan fingerprint density at radius 1 is 1.03 bits per heavy atom. The normalized spacial score (nSPS) is 12.7. The fraction of sp³-hybridized carbons (Fsp3) is 0.250. The number of fused-ring (bicyclic) bond motifs is 1. The van der Waals surface area contributed by atoms with Crippen molar-refractivity contribution in [3.63, 3.8) is 0 Å². The van der Waals surface area contributed by atoms with Gasteiger partial charge in [0.2, 0.25) is 5.78 Å². The van der Waals surface area contributed by atoms with Crippen LogP contribution in [-0.2, 0) is 14.3 Å². The first-order chi connectivity index (χ1) is 13.8. The highest BCUT2D eigenvalue weighted by atomic mass is 16.5. The van der Waals surface area contributed by atoms with E-state index in [1.807, 2.05) is 0 Å². The summed E-state index contributed by atoms with van der Waals surface area (Å²) in [4.78, 5) is 64.4. The van der Waals surface area contributed by atoms with E-state index in [0.717, 1.165) is 4.90 Å². The van der Waals surface area contributed by atoms with Crippen LogP contribution in [0.15, 0.2) is 24.3 Å². The number of hydrogen-bond acceptors (Lipinski definition) is 7. The second-order valence-corrected chi connectivity index (χ2v) is 6.44. The van der Waals surface area contributed by atoms with Gasteiger partial charge in [-0.2, -0.15) is 0 Å². The number of hydrogen-bond donors (Lipinski definition) is 1. The van der Waals surface area contributed by atoms with Crippen molar-refractivity contribution in [3.05, 3.63) is 57.9 Å². The number of aromatic nitrogens is 1. The monoisotopic (exact) mass is 398 g/mol. The summed E-state index contributed by atoms with van der Waals surface area (Å²) in [6.07, 6.45) is 0. The molecule has 1 aromatic carbocycles. The Hall–Kier alpha value is -3.75. The van der Waals surface area contributed by atoms with Crippen molar-refractivity contribution in [2.24, 2.45) is 0 Å². The summed E-state index contributed by atoms with van der Waals surface area (Å²) in [5, 5.41) is 0. The molecule has 9 heteroatoms. The molecule has 29 heavy (non-hydrogen) atoms. The Labute approximate surface area is 165 Å². The van der Waals surface area contributed by atoms with Gasteiger partial charge in [-0.15, -0.1) is 0 Å². The minimum atomic E-state index is -0.901. The van der Waals surface area contributed by atoms with Gasteiger partial charge in [-0.25, -0.2) is 4.79 Å². The van der Waals surface area contributed by atoms with Crippen molar-refractivity contribution in [2.45, 2.75) is 13.8 Å². The fourth-order valence-corrected chi connectivity index (χ4v) is 3.21. The Balaban J connectivity index is 1.64. The van der Waals surface area contributed by atoms with E-state index >= 15 is 0 Å². The van der Waals surface area contributed by atoms with E-state index in [-0.39, 0.29) is 22.4 Å². The maximum Gasteiger partial charge on any atom is 0.339 e. The number of Topliss-reactive ketones (excluding diaryl/α,β-unsaturated/α-hetero) is 1. The van der Waals surface area contributed by atoms with Gasteiger partial charge in [0.05, 0.1) is 29.5 Å². The van der Waals surface area contributed by atoms with Crippen molar-refractivity contribution >= 4 is 29.5 Å². The van der Waals surface area contributed by atoms with Gasteiger partial charge in [0.25, 0.3) is 11.8 Å². The minimum absolute atomic E-state index is 0.122. The summed E-state index contributed by atoms with van der Waals surface area (Å²) in [5.74, 6) is -3.23. The van der Waals surface area contributed by atoms with E-state index < -0.39 is 42.7 Å². The lowest BCUT2D eigenvalue weighted by molar-refractivity contribution is -0.142. The van der Waals surface area contributed by atoms with E-state index in [1.54, 1.807) is 26.0 Å². The Morgan fingerprint density at radius 3 is 2.17 bits per heavy atom.